The fraction of sp³-hybridized carbons (Fsp3) is 0.929. The molecule has 0 aromatic rings. The van der Waals surface area contributed by atoms with Gasteiger partial charge in [0.05, 0.1) is 12.0 Å². The first-order chi connectivity index (χ1) is 8.35. The summed E-state index contributed by atoms with van der Waals surface area (Å²) in [6, 6.07) is 2.84. The van der Waals surface area contributed by atoms with Crippen LogP contribution in [0.5, 0.6) is 0 Å². The molecule has 0 radical (unpaired) electrons. The molecule has 4 unspecified atom stereocenters. The van der Waals surface area contributed by atoms with E-state index in [-0.39, 0.29) is 5.92 Å². The lowest BCUT2D eigenvalue weighted by Gasteiger charge is -2.29. The van der Waals surface area contributed by atoms with E-state index in [0.717, 1.165) is 19.4 Å². The van der Waals surface area contributed by atoms with Crippen LogP contribution in [0, 0.1) is 29.1 Å². The summed E-state index contributed by atoms with van der Waals surface area (Å²) >= 11 is 0. The van der Waals surface area contributed by atoms with Crippen LogP contribution >= 0.6 is 0 Å². The Balaban J connectivity index is 1.78. The highest BCUT2D eigenvalue weighted by Crippen LogP contribution is 2.31. The Morgan fingerprint density at radius 1 is 1.06 bits per heavy atom. The second kappa shape index (κ2) is 6.37. The van der Waals surface area contributed by atoms with Crippen molar-refractivity contribution < 1.29 is 5.11 Å². The Hall–Kier alpha value is -0.590. The Kier molecular flexibility index (Phi) is 4.82. The summed E-state index contributed by atoms with van der Waals surface area (Å²) in [5.74, 6) is 1.32. The molecule has 3 nitrogen and oxygen atoms in total. The van der Waals surface area contributed by atoms with Gasteiger partial charge in [0.1, 0.15) is 0 Å². The van der Waals surface area contributed by atoms with Gasteiger partial charge in [-0.2, -0.15) is 5.26 Å². The highest BCUT2D eigenvalue weighted by atomic mass is 16.3. The Bertz CT molecular complexity index is 274. The molecule has 0 amide bonds. The highest BCUT2D eigenvalue weighted by Gasteiger charge is 2.29. The molecule has 2 fully saturated rings. The first kappa shape index (κ1) is 12.9. The van der Waals surface area contributed by atoms with Gasteiger partial charge in [0.15, 0.2) is 0 Å². The molecule has 0 spiro atoms. The van der Waals surface area contributed by atoms with Gasteiger partial charge in [0.25, 0.3) is 0 Å². The van der Waals surface area contributed by atoms with Gasteiger partial charge in [0.2, 0.25) is 0 Å². The van der Waals surface area contributed by atoms with Crippen molar-refractivity contribution in [3.8, 4) is 6.07 Å². The van der Waals surface area contributed by atoms with Crippen LogP contribution in [0.2, 0.25) is 0 Å². The number of aliphatic hydroxyl groups is 1. The first-order valence-electron chi connectivity index (χ1n) is 7.09. The maximum Gasteiger partial charge on any atom is 0.0672 e. The number of nitrogens with zero attached hydrogens (tertiary/aromatic N) is 1. The Morgan fingerprint density at radius 2 is 1.82 bits per heavy atom. The molecule has 2 saturated carbocycles. The van der Waals surface area contributed by atoms with Gasteiger partial charge in [0, 0.05) is 12.6 Å². The van der Waals surface area contributed by atoms with Crippen molar-refractivity contribution in [2.75, 3.05) is 13.2 Å². The molecule has 2 aliphatic carbocycles. The summed E-state index contributed by atoms with van der Waals surface area (Å²) in [4.78, 5) is 0. The fourth-order valence-corrected chi connectivity index (χ4v) is 3.46. The van der Waals surface area contributed by atoms with Gasteiger partial charge in [-0.25, -0.2) is 0 Å². The van der Waals surface area contributed by atoms with E-state index >= 15 is 0 Å². The van der Waals surface area contributed by atoms with Crippen molar-refractivity contribution in [3.05, 3.63) is 0 Å². The van der Waals surface area contributed by atoms with Crippen LogP contribution in [0.15, 0.2) is 0 Å². The van der Waals surface area contributed by atoms with Crippen LogP contribution in [0.4, 0.5) is 0 Å². The van der Waals surface area contributed by atoms with Crippen molar-refractivity contribution in [2.24, 2.45) is 17.8 Å². The van der Waals surface area contributed by atoms with Crippen LogP contribution in [0.1, 0.15) is 44.9 Å². The summed E-state index contributed by atoms with van der Waals surface area (Å²) in [6.07, 6.45) is 8.33. The number of hydrogen-bond donors (Lipinski definition) is 2. The lowest BCUT2D eigenvalue weighted by molar-refractivity contribution is 0.185. The summed E-state index contributed by atoms with van der Waals surface area (Å²) < 4.78 is 0. The smallest absolute Gasteiger partial charge is 0.0672 e. The molecule has 4 atom stereocenters. The number of nitrogens with one attached hydrogen (secondary N) is 1. The van der Waals surface area contributed by atoms with E-state index in [1.54, 1.807) is 0 Å². The molecule has 0 aliphatic heterocycles. The van der Waals surface area contributed by atoms with Crippen molar-refractivity contribution in [1.82, 2.24) is 5.32 Å². The minimum Gasteiger partial charge on any atom is -0.396 e. The van der Waals surface area contributed by atoms with E-state index in [9.17, 15) is 5.11 Å². The predicted octanol–water partition coefficient (Wildman–Crippen LogP) is 2.07. The van der Waals surface area contributed by atoms with Gasteiger partial charge in [-0.3, -0.25) is 0 Å². The number of aliphatic hydroxyl groups excluding tert-OH is 1. The molecule has 0 heterocycles. The van der Waals surface area contributed by atoms with Crippen LogP contribution < -0.4 is 5.32 Å². The van der Waals surface area contributed by atoms with E-state index in [1.807, 2.05) is 0 Å². The molecule has 0 bridgehead atoms. The molecule has 2 rings (SSSR count). The van der Waals surface area contributed by atoms with Crippen LogP contribution in [-0.4, -0.2) is 24.3 Å². The average Bonchev–Trinajstić information content (AvgIpc) is 2.84. The second-order valence-corrected chi connectivity index (χ2v) is 5.67. The molecular weight excluding hydrogens is 212 g/mol. The number of hydrogen-bond acceptors (Lipinski definition) is 3. The minimum absolute atomic E-state index is 0.206. The lowest BCUT2D eigenvalue weighted by Crippen LogP contribution is -2.41. The topological polar surface area (TPSA) is 56.0 Å². The zero-order valence-electron chi connectivity index (χ0n) is 10.6. The molecule has 0 aromatic carbocycles. The fourth-order valence-electron chi connectivity index (χ4n) is 3.46. The monoisotopic (exact) mass is 236 g/mol. The van der Waals surface area contributed by atoms with E-state index in [4.69, 9.17) is 5.26 Å². The zero-order valence-corrected chi connectivity index (χ0v) is 10.6. The minimum atomic E-state index is 0.206. The number of rotatable bonds is 4. The summed E-state index contributed by atoms with van der Waals surface area (Å²) in [7, 11) is 0. The molecule has 96 valence electrons. The van der Waals surface area contributed by atoms with Gasteiger partial charge in [-0.05, 0) is 44.1 Å². The predicted molar refractivity (Wildman–Crippen MR) is 67.3 cm³/mol. The highest BCUT2D eigenvalue weighted by molar-refractivity contribution is 4.95. The quantitative estimate of drug-likeness (QED) is 0.785. The first-order valence-corrected chi connectivity index (χ1v) is 7.09. The largest absolute Gasteiger partial charge is 0.396 e. The number of nitriles is 1. The molecular formula is C14H24N2O. The van der Waals surface area contributed by atoms with E-state index in [2.05, 4.69) is 11.4 Å². The maximum atomic E-state index is 9.29. The molecule has 2 N–H and O–H groups in total. The molecule has 0 aromatic heterocycles. The summed E-state index contributed by atoms with van der Waals surface area (Å²) in [5, 5.41) is 22.0. The summed E-state index contributed by atoms with van der Waals surface area (Å²) in [6.45, 7) is 1.33. The van der Waals surface area contributed by atoms with Crippen LogP contribution in [0.3, 0.4) is 0 Å². The SMILES string of the molecule is N#CC1CCCCC1NCC1CCCC1CO. The molecule has 2 aliphatic rings. The standard InChI is InChI=1S/C14H24N2O/c15-8-11-4-1-2-7-14(11)16-9-12-5-3-6-13(12)10-17/h11-14,16-17H,1-7,9-10H2. The molecule has 3 heteroatoms. The molecule has 17 heavy (non-hydrogen) atoms. The molecule has 0 saturated heterocycles. The average molecular weight is 236 g/mol. The Morgan fingerprint density at radius 3 is 2.59 bits per heavy atom. The van der Waals surface area contributed by atoms with Crippen LogP contribution in [0.25, 0.3) is 0 Å². The van der Waals surface area contributed by atoms with Crippen molar-refractivity contribution >= 4 is 0 Å². The third-order valence-corrected chi connectivity index (χ3v) is 4.63. The Labute approximate surface area is 104 Å². The van der Waals surface area contributed by atoms with Gasteiger partial charge in [-0.15, -0.1) is 0 Å². The van der Waals surface area contributed by atoms with Crippen LogP contribution in [-0.2, 0) is 0 Å². The van der Waals surface area contributed by atoms with Gasteiger partial charge < -0.3 is 10.4 Å². The second-order valence-electron chi connectivity index (χ2n) is 5.67. The van der Waals surface area contributed by atoms with E-state index in [0.29, 0.717) is 24.5 Å². The third kappa shape index (κ3) is 3.20. The van der Waals surface area contributed by atoms with Crippen molar-refractivity contribution in [3.63, 3.8) is 0 Å². The maximum absolute atomic E-state index is 9.29. The van der Waals surface area contributed by atoms with E-state index in [1.165, 1.54) is 32.1 Å². The van der Waals surface area contributed by atoms with E-state index < -0.39 is 0 Å². The lowest BCUT2D eigenvalue weighted by atomic mass is 9.85. The zero-order chi connectivity index (χ0) is 12.1. The third-order valence-electron chi connectivity index (χ3n) is 4.63. The van der Waals surface area contributed by atoms with Gasteiger partial charge in [-0.1, -0.05) is 19.3 Å². The normalized spacial score (nSPS) is 37.9. The van der Waals surface area contributed by atoms with Crippen molar-refractivity contribution in [2.45, 2.75) is 51.0 Å². The summed E-state index contributed by atoms with van der Waals surface area (Å²) in [5.41, 5.74) is 0. The van der Waals surface area contributed by atoms with Crippen molar-refractivity contribution in [1.29, 1.82) is 5.26 Å². The van der Waals surface area contributed by atoms with Gasteiger partial charge >= 0.3 is 0 Å².